The SMILES string of the molecule is CC1=C(C(=O)O)C(=N)C(C(=O)O)(c2cccnc2)C=C1. The van der Waals surface area contributed by atoms with Gasteiger partial charge in [0.1, 0.15) is 0 Å². The van der Waals surface area contributed by atoms with Crippen LogP contribution in [0, 0.1) is 5.41 Å². The molecule has 2 rings (SSSR count). The van der Waals surface area contributed by atoms with Crippen LogP contribution in [0.2, 0.25) is 0 Å². The Hall–Kier alpha value is -2.76. The number of nitrogens with one attached hydrogen (secondary N) is 1. The molecule has 20 heavy (non-hydrogen) atoms. The van der Waals surface area contributed by atoms with Crippen molar-refractivity contribution in [2.75, 3.05) is 0 Å². The number of aliphatic carboxylic acids is 2. The van der Waals surface area contributed by atoms with Crippen molar-refractivity contribution in [3.05, 3.63) is 53.4 Å². The summed E-state index contributed by atoms with van der Waals surface area (Å²) in [7, 11) is 0. The van der Waals surface area contributed by atoms with Gasteiger partial charge in [0, 0.05) is 12.4 Å². The van der Waals surface area contributed by atoms with Gasteiger partial charge in [0.05, 0.1) is 11.3 Å². The molecular weight excluding hydrogens is 260 g/mol. The number of hydrogen-bond donors (Lipinski definition) is 3. The standard InChI is InChI=1S/C14H12N2O4/c1-8-4-5-14(13(19)20,9-3-2-6-16-7-9)11(15)10(8)12(17)18/h2-7,15H,1H3,(H,17,18)(H,19,20). The summed E-state index contributed by atoms with van der Waals surface area (Å²) in [4.78, 5) is 26.9. The van der Waals surface area contributed by atoms with E-state index in [4.69, 9.17) is 5.41 Å². The van der Waals surface area contributed by atoms with E-state index in [-0.39, 0.29) is 11.1 Å². The molecule has 0 radical (unpaired) electrons. The van der Waals surface area contributed by atoms with Gasteiger partial charge in [-0.25, -0.2) is 4.79 Å². The van der Waals surface area contributed by atoms with E-state index in [0.717, 1.165) is 0 Å². The lowest BCUT2D eigenvalue weighted by Crippen LogP contribution is -2.45. The zero-order valence-corrected chi connectivity index (χ0v) is 10.6. The van der Waals surface area contributed by atoms with E-state index >= 15 is 0 Å². The predicted molar refractivity (Wildman–Crippen MR) is 70.8 cm³/mol. The van der Waals surface area contributed by atoms with Crippen LogP contribution in [0.5, 0.6) is 0 Å². The van der Waals surface area contributed by atoms with Crippen molar-refractivity contribution in [2.45, 2.75) is 12.3 Å². The topological polar surface area (TPSA) is 111 Å². The van der Waals surface area contributed by atoms with Crippen LogP contribution in [0.1, 0.15) is 12.5 Å². The summed E-state index contributed by atoms with van der Waals surface area (Å²) >= 11 is 0. The largest absolute Gasteiger partial charge is 0.480 e. The van der Waals surface area contributed by atoms with Gasteiger partial charge in [0.15, 0.2) is 5.41 Å². The fraction of sp³-hybridized carbons (Fsp3) is 0.143. The Balaban J connectivity index is 2.70. The van der Waals surface area contributed by atoms with E-state index in [1.54, 1.807) is 6.07 Å². The predicted octanol–water partition coefficient (Wildman–Crippen LogP) is 1.39. The number of carboxylic acid groups (broad SMARTS) is 2. The van der Waals surface area contributed by atoms with E-state index in [0.29, 0.717) is 5.57 Å². The number of hydrogen-bond acceptors (Lipinski definition) is 4. The van der Waals surface area contributed by atoms with Crippen LogP contribution in [-0.2, 0) is 15.0 Å². The maximum Gasteiger partial charge on any atom is 0.337 e. The zero-order chi connectivity index (χ0) is 14.9. The fourth-order valence-electron chi connectivity index (χ4n) is 2.22. The van der Waals surface area contributed by atoms with Gasteiger partial charge in [-0.05, 0) is 24.1 Å². The van der Waals surface area contributed by atoms with E-state index in [1.165, 1.54) is 37.5 Å². The lowest BCUT2D eigenvalue weighted by Gasteiger charge is -2.30. The number of allylic oxidation sites excluding steroid dienone is 2. The number of nitrogens with zero attached hydrogens (tertiary/aromatic N) is 1. The Morgan fingerprint density at radius 1 is 1.35 bits per heavy atom. The third-order valence-electron chi connectivity index (χ3n) is 3.29. The van der Waals surface area contributed by atoms with Crippen molar-refractivity contribution in [1.29, 1.82) is 5.41 Å². The monoisotopic (exact) mass is 272 g/mol. The molecule has 6 heteroatoms. The average Bonchev–Trinajstić information content (AvgIpc) is 2.39. The zero-order valence-electron chi connectivity index (χ0n) is 10.6. The molecule has 1 heterocycles. The molecule has 0 spiro atoms. The summed E-state index contributed by atoms with van der Waals surface area (Å²) in [6.07, 6.45) is 5.56. The summed E-state index contributed by atoms with van der Waals surface area (Å²) in [6.45, 7) is 1.53. The average molecular weight is 272 g/mol. The van der Waals surface area contributed by atoms with Crippen molar-refractivity contribution < 1.29 is 19.8 Å². The van der Waals surface area contributed by atoms with Gasteiger partial charge in [0.25, 0.3) is 0 Å². The highest BCUT2D eigenvalue weighted by Gasteiger charge is 2.47. The van der Waals surface area contributed by atoms with Gasteiger partial charge >= 0.3 is 11.9 Å². The molecule has 0 fully saturated rings. The molecule has 1 atom stereocenters. The molecule has 0 aromatic carbocycles. The highest BCUT2D eigenvalue weighted by molar-refractivity contribution is 6.30. The van der Waals surface area contributed by atoms with Gasteiger partial charge in [-0.1, -0.05) is 18.2 Å². The molecule has 6 nitrogen and oxygen atoms in total. The molecule has 1 aromatic heterocycles. The minimum Gasteiger partial charge on any atom is -0.480 e. The molecule has 102 valence electrons. The second kappa shape index (κ2) is 4.73. The van der Waals surface area contributed by atoms with Crippen LogP contribution >= 0.6 is 0 Å². The molecule has 0 bridgehead atoms. The lowest BCUT2D eigenvalue weighted by atomic mass is 9.70. The van der Waals surface area contributed by atoms with Crippen molar-refractivity contribution in [3.8, 4) is 0 Å². The molecular formula is C14H12N2O4. The Kier molecular flexibility index (Phi) is 3.23. The second-order valence-corrected chi connectivity index (χ2v) is 4.43. The highest BCUT2D eigenvalue weighted by atomic mass is 16.4. The Morgan fingerprint density at radius 3 is 2.55 bits per heavy atom. The second-order valence-electron chi connectivity index (χ2n) is 4.43. The first kappa shape index (κ1) is 13.7. The quantitative estimate of drug-likeness (QED) is 0.770. The smallest absolute Gasteiger partial charge is 0.337 e. The number of aromatic nitrogens is 1. The summed E-state index contributed by atoms with van der Waals surface area (Å²) in [5.74, 6) is -2.62. The van der Waals surface area contributed by atoms with Crippen molar-refractivity contribution in [1.82, 2.24) is 4.98 Å². The first-order chi connectivity index (χ1) is 9.41. The van der Waals surface area contributed by atoms with Crippen LogP contribution in [-0.4, -0.2) is 32.8 Å². The molecule has 3 N–H and O–H groups in total. The van der Waals surface area contributed by atoms with E-state index in [2.05, 4.69) is 4.98 Å². The lowest BCUT2D eigenvalue weighted by molar-refractivity contribution is -0.139. The van der Waals surface area contributed by atoms with E-state index in [9.17, 15) is 19.8 Å². The van der Waals surface area contributed by atoms with Crippen molar-refractivity contribution >= 4 is 17.7 Å². The minimum atomic E-state index is -1.82. The Morgan fingerprint density at radius 2 is 2.05 bits per heavy atom. The molecule has 1 aromatic rings. The molecule has 0 amide bonds. The van der Waals surface area contributed by atoms with Crippen molar-refractivity contribution in [2.24, 2.45) is 0 Å². The van der Waals surface area contributed by atoms with E-state index < -0.39 is 23.1 Å². The van der Waals surface area contributed by atoms with Gasteiger partial charge in [-0.2, -0.15) is 0 Å². The number of carbonyl (C=O) groups is 2. The maximum atomic E-state index is 11.7. The maximum absolute atomic E-state index is 11.7. The Labute approximate surface area is 114 Å². The molecule has 0 saturated carbocycles. The highest BCUT2D eigenvalue weighted by Crippen LogP contribution is 2.35. The van der Waals surface area contributed by atoms with Crippen molar-refractivity contribution in [3.63, 3.8) is 0 Å². The first-order valence-electron chi connectivity index (χ1n) is 5.78. The van der Waals surface area contributed by atoms with Gasteiger partial charge < -0.3 is 15.6 Å². The molecule has 1 aliphatic rings. The summed E-state index contributed by atoms with van der Waals surface area (Å²) in [6, 6.07) is 3.06. The normalized spacial score (nSPS) is 21.9. The number of rotatable bonds is 3. The van der Waals surface area contributed by atoms with E-state index in [1.807, 2.05) is 0 Å². The van der Waals surface area contributed by atoms with Gasteiger partial charge in [-0.3, -0.25) is 9.78 Å². The number of pyridine rings is 1. The van der Waals surface area contributed by atoms with Crippen LogP contribution in [0.15, 0.2) is 47.8 Å². The van der Waals surface area contributed by atoms with Gasteiger partial charge in [0.2, 0.25) is 0 Å². The van der Waals surface area contributed by atoms with Crippen LogP contribution in [0.25, 0.3) is 0 Å². The number of carboxylic acids is 2. The molecule has 1 aliphatic carbocycles. The summed E-state index contributed by atoms with van der Waals surface area (Å²) < 4.78 is 0. The minimum absolute atomic E-state index is 0.250. The Bertz CT molecular complexity index is 661. The van der Waals surface area contributed by atoms with Crippen LogP contribution in [0.3, 0.4) is 0 Å². The third-order valence-corrected chi connectivity index (χ3v) is 3.29. The van der Waals surface area contributed by atoms with Gasteiger partial charge in [-0.15, -0.1) is 0 Å². The first-order valence-corrected chi connectivity index (χ1v) is 5.78. The fourth-order valence-corrected chi connectivity index (χ4v) is 2.22. The summed E-state index contributed by atoms with van der Waals surface area (Å²) in [5, 5.41) is 26.8. The molecule has 1 unspecified atom stereocenters. The molecule has 0 saturated heterocycles. The third kappa shape index (κ3) is 1.82. The van der Waals surface area contributed by atoms with Crippen LogP contribution < -0.4 is 0 Å². The molecule has 0 aliphatic heterocycles. The van der Waals surface area contributed by atoms with Crippen LogP contribution in [0.4, 0.5) is 0 Å². The summed E-state index contributed by atoms with van der Waals surface area (Å²) in [5.41, 5.74) is -1.98.